The van der Waals surface area contributed by atoms with E-state index in [1.54, 1.807) is 0 Å². The molecule has 22 heavy (non-hydrogen) atoms. The summed E-state index contributed by atoms with van der Waals surface area (Å²) in [6.07, 6.45) is 5.50. The van der Waals surface area contributed by atoms with Crippen LogP contribution in [-0.4, -0.2) is 11.8 Å². The lowest BCUT2D eigenvalue weighted by Crippen LogP contribution is -2.25. The van der Waals surface area contributed by atoms with Crippen LogP contribution in [0.5, 0.6) is 0 Å². The number of anilines is 1. The van der Waals surface area contributed by atoms with Crippen LogP contribution < -0.4 is 5.32 Å². The molecule has 0 fully saturated rings. The lowest BCUT2D eigenvalue weighted by molar-refractivity contribution is 1.01. The van der Waals surface area contributed by atoms with Gasteiger partial charge in [0, 0.05) is 11.4 Å². The molecule has 118 valence electrons. The van der Waals surface area contributed by atoms with Gasteiger partial charge >= 0.3 is 0 Å². The summed E-state index contributed by atoms with van der Waals surface area (Å²) in [5.41, 5.74) is 8.56. The van der Waals surface area contributed by atoms with E-state index in [2.05, 4.69) is 77.6 Å². The van der Waals surface area contributed by atoms with Crippen molar-refractivity contribution in [3.63, 3.8) is 0 Å². The van der Waals surface area contributed by atoms with Crippen LogP contribution >= 0.6 is 0 Å². The van der Waals surface area contributed by atoms with E-state index in [0.717, 1.165) is 17.8 Å². The van der Waals surface area contributed by atoms with E-state index >= 15 is 0 Å². The van der Waals surface area contributed by atoms with E-state index in [1.807, 2.05) is 0 Å². The highest BCUT2D eigenvalue weighted by atomic mass is 14.9. The molecule has 1 aliphatic carbocycles. The Balaban J connectivity index is 2.21. The van der Waals surface area contributed by atoms with Gasteiger partial charge in [0.2, 0.25) is 0 Å². The normalized spacial score (nSPS) is 17.0. The van der Waals surface area contributed by atoms with Gasteiger partial charge in [-0.05, 0) is 38.8 Å². The molecule has 1 aromatic carbocycles. The Morgan fingerprint density at radius 1 is 1.18 bits per heavy atom. The van der Waals surface area contributed by atoms with Crippen LogP contribution in [0, 0.1) is 20.3 Å². The van der Waals surface area contributed by atoms with Gasteiger partial charge in [-0.15, -0.1) is 11.6 Å². The molecule has 1 N–H and O–H groups in total. The van der Waals surface area contributed by atoms with Crippen LogP contribution in [0.25, 0.3) is 0 Å². The summed E-state index contributed by atoms with van der Waals surface area (Å²) in [7, 11) is 0. The predicted octanol–water partition coefficient (Wildman–Crippen LogP) is 5.39. The SMILES string of the molecule is CC1=CC[CH-]C(C)=C1N=C(C)C(C)Nc1c(C)cccc1C. The molecule has 0 saturated carbocycles. The van der Waals surface area contributed by atoms with E-state index in [-0.39, 0.29) is 6.04 Å². The quantitative estimate of drug-likeness (QED) is 0.584. The Morgan fingerprint density at radius 3 is 2.41 bits per heavy atom. The van der Waals surface area contributed by atoms with Crippen molar-refractivity contribution >= 4 is 11.4 Å². The number of nitrogens with one attached hydrogen (secondary N) is 1. The average molecular weight is 295 g/mol. The molecule has 0 bridgehead atoms. The lowest BCUT2D eigenvalue weighted by Gasteiger charge is -2.26. The average Bonchev–Trinajstić information content (AvgIpc) is 2.46. The Morgan fingerprint density at radius 2 is 1.82 bits per heavy atom. The fraction of sp³-hybridized carbons (Fsp3) is 0.400. The number of aliphatic imine (C=N–C) groups is 1. The maximum atomic E-state index is 4.89. The molecule has 0 spiro atoms. The monoisotopic (exact) mass is 295 g/mol. The van der Waals surface area contributed by atoms with Crippen LogP contribution in [0.15, 0.2) is 46.1 Å². The standard InChI is InChI=1S/C20H27N2/c1-13-9-7-10-14(2)19(13)21-17(5)18(6)22-20-15(3)11-8-12-16(20)4/h7,9-12,17,21H,8H2,1-6H3/q-1. The second-order valence-electron chi connectivity index (χ2n) is 6.24. The summed E-state index contributed by atoms with van der Waals surface area (Å²) >= 11 is 0. The van der Waals surface area contributed by atoms with Gasteiger partial charge in [-0.1, -0.05) is 44.2 Å². The van der Waals surface area contributed by atoms with E-state index in [4.69, 9.17) is 4.99 Å². The zero-order valence-corrected chi connectivity index (χ0v) is 14.6. The predicted molar refractivity (Wildman–Crippen MR) is 97.5 cm³/mol. The number of allylic oxidation sites excluding steroid dienone is 3. The fourth-order valence-corrected chi connectivity index (χ4v) is 2.73. The van der Waals surface area contributed by atoms with Crippen LogP contribution in [0.3, 0.4) is 0 Å². The van der Waals surface area contributed by atoms with Crippen LogP contribution in [0.1, 0.15) is 45.2 Å². The van der Waals surface area contributed by atoms with Gasteiger partial charge in [0.25, 0.3) is 0 Å². The van der Waals surface area contributed by atoms with Gasteiger partial charge in [0.05, 0.1) is 6.04 Å². The highest BCUT2D eigenvalue weighted by Gasteiger charge is 2.09. The molecular weight excluding hydrogens is 268 g/mol. The third-order valence-electron chi connectivity index (χ3n) is 4.35. The summed E-state index contributed by atoms with van der Waals surface area (Å²) in [4.78, 5) is 4.89. The molecule has 0 aromatic heterocycles. The summed E-state index contributed by atoms with van der Waals surface area (Å²) in [6, 6.07) is 6.59. The van der Waals surface area contributed by atoms with Crippen LogP contribution in [0.4, 0.5) is 5.69 Å². The second kappa shape index (κ2) is 6.87. The molecule has 1 atom stereocenters. The van der Waals surface area contributed by atoms with E-state index in [9.17, 15) is 0 Å². The van der Waals surface area contributed by atoms with Crippen molar-refractivity contribution in [2.24, 2.45) is 4.99 Å². The van der Waals surface area contributed by atoms with Gasteiger partial charge in [-0.2, -0.15) is 5.57 Å². The lowest BCUT2D eigenvalue weighted by atomic mass is 9.98. The molecule has 0 amide bonds. The number of nitrogens with zero attached hydrogens (tertiary/aromatic N) is 1. The zero-order chi connectivity index (χ0) is 16.3. The van der Waals surface area contributed by atoms with Crippen molar-refractivity contribution in [2.75, 3.05) is 5.32 Å². The van der Waals surface area contributed by atoms with Crippen molar-refractivity contribution in [3.05, 3.63) is 58.7 Å². The Kier molecular flexibility index (Phi) is 5.12. The summed E-state index contributed by atoms with van der Waals surface area (Å²) < 4.78 is 0. The molecule has 2 rings (SSSR count). The van der Waals surface area contributed by atoms with E-state index < -0.39 is 0 Å². The molecule has 2 heteroatoms. The number of hydrogen-bond donors (Lipinski definition) is 1. The number of hydrogen-bond acceptors (Lipinski definition) is 2. The number of benzene rings is 1. The summed E-state index contributed by atoms with van der Waals surface area (Å²) in [5.74, 6) is 0. The van der Waals surface area contributed by atoms with Gasteiger partial charge < -0.3 is 10.3 Å². The molecule has 2 nitrogen and oxygen atoms in total. The number of rotatable bonds is 4. The van der Waals surface area contributed by atoms with Crippen LogP contribution in [-0.2, 0) is 0 Å². The number of aryl methyl sites for hydroxylation is 2. The molecule has 0 saturated heterocycles. The Hall–Kier alpha value is -1.96. The summed E-state index contributed by atoms with van der Waals surface area (Å²) in [6.45, 7) is 12.9. The van der Waals surface area contributed by atoms with Crippen molar-refractivity contribution in [2.45, 2.75) is 54.0 Å². The maximum Gasteiger partial charge on any atom is 0.0596 e. The van der Waals surface area contributed by atoms with Gasteiger partial charge in [-0.25, -0.2) is 6.42 Å². The second-order valence-corrected chi connectivity index (χ2v) is 6.24. The minimum Gasteiger partial charge on any atom is -0.377 e. The van der Waals surface area contributed by atoms with Gasteiger partial charge in [-0.3, -0.25) is 0 Å². The molecule has 0 heterocycles. The Labute approximate surface area is 135 Å². The molecule has 1 aromatic rings. The van der Waals surface area contributed by atoms with Gasteiger partial charge in [0.15, 0.2) is 0 Å². The van der Waals surface area contributed by atoms with E-state index in [0.29, 0.717) is 0 Å². The minimum atomic E-state index is 0.204. The topological polar surface area (TPSA) is 24.4 Å². The maximum absolute atomic E-state index is 4.89. The van der Waals surface area contributed by atoms with Gasteiger partial charge in [0.1, 0.15) is 0 Å². The molecular formula is C20H27N2-. The molecule has 1 unspecified atom stereocenters. The number of para-hydroxylation sites is 1. The minimum absolute atomic E-state index is 0.204. The first-order valence-corrected chi connectivity index (χ1v) is 7.99. The summed E-state index contributed by atoms with van der Waals surface area (Å²) in [5, 5.41) is 3.61. The first kappa shape index (κ1) is 16.4. The third-order valence-corrected chi connectivity index (χ3v) is 4.35. The smallest absolute Gasteiger partial charge is 0.0596 e. The largest absolute Gasteiger partial charge is 0.377 e. The molecule has 1 aliphatic rings. The highest BCUT2D eigenvalue weighted by Crippen LogP contribution is 2.26. The van der Waals surface area contributed by atoms with Crippen molar-refractivity contribution in [1.29, 1.82) is 0 Å². The molecule has 0 aliphatic heterocycles. The van der Waals surface area contributed by atoms with Crippen molar-refractivity contribution < 1.29 is 0 Å². The first-order valence-electron chi connectivity index (χ1n) is 7.99. The van der Waals surface area contributed by atoms with Crippen molar-refractivity contribution in [3.8, 4) is 0 Å². The first-order chi connectivity index (χ1) is 10.4. The van der Waals surface area contributed by atoms with Crippen molar-refractivity contribution in [1.82, 2.24) is 0 Å². The zero-order valence-electron chi connectivity index (χ0n) is 14.6. The third kappa shape index (κ3) is 3.62. The van der Waals surface area contributed by atoms with Crippen LogP contribution in [0.2, 0.25) is 0 Å². The Bertz CT molecular complexity index is 627. The molecule has 0 radical (unpaired) electrons. The fourth-order valence-electron chi connectivity index (χ4n) is 2.73. The van der Waals surface area contributed by atoms with E-state index in [1.165, 1.54) is 28.0 Å². The highest BCUT2D eigenvalue weighted by molar-refractivity contribution is 5.91.